The summed E-state index contributed by atoms with van der Waals surface area (Å²) in [7, 11) is 4.14. The summed E-state index contributed by atoms with van der Waals surface area (Å²) >= 11 is 1.68. The number of hydrogen-bond acceptors (Lipinski definition) is 5. The molecule has 0 aliphatic heterocycles. The Morgan fingerprint density at radius 3 is 2.60 bits per heavy atom. The van der Waals surface area contributed by atoms with E-state index in [9.17, 15) is 0 Å². The Hall–Kier alpha value is -1.59. The lowest BCUT2D eigenvalue weighted by atomic mass is 10.3. The molecule has 1 aromatic heterocycles. The molecule has 106 valence electrons. The molecule has 0 saturated heterocycles. The summed E-state index contributed by atoms with van der Waals surface area (Å²) in [5, 5.41) is 4.13. The fourth-order valence-electron chi connectivity index (χ4n) is 1.66. The maximum Gasteiger partial charge on any atom is 0.189 e. The van der Waals surface area contributed by atoms with Crippen molar-refractivity contribution in [2.24, 2.45) is 0 Å². The molecule has 5 heteroatoms. The van der Waals surface area contributed by atoms with Crippen molar-refractivity contribution in [3.8, 4) is 0 Å². The first-order chi connectivity index (χ1) is 9.63. The van der Waals surface area contributed by atoms with E-state index in [-0.39, 0.29) is 0 Å². The molecule has 1 heterocycles. The molecule has 0 radical (unpaired) electrons. The highest BCUT2D eigenvalue weighted by atomic mass is 32.2. The lowest BCUT2D eigenvalue weighted by molar-refractivity contribution is 0.437. The van der Waals surface area contributed by atoms with Gasteiger partial charge in [0.25, 0.3) is 0 Å². The Bertz CT molecular complexity index is 543. The second-order valence-electron chi connectivity index (χ2n) is 4.82. The Kier molecular flexibility index (Phi) is 5.38. The molecular formula is C15H20N4S. The molecule has 4 nitrogen and oxygen atoms in total. The lowest BCUT2D eigenvalue weighted by Gasteiger charge is -2.10. The lowest BCUT2D eigenvalue weighted by Crippen LogP contribution is -2.15. The van der Waals surface area contributed by atoms with Crippen LogP contribution in [0.3, 0.4) is 0 Å². The van der Waals surface area contributed by atoms with Crippen LogP contribution in [0.1, 0.15) is 5.69 Å². The van der Waals surface area contributed by atoms with Gasteiger partial charge in [-0.1, -0.05) is 30.0 Å². The van der Waals surface area contributed by atoms with E-state index in [0.29, 0.717) is 0 Å². The number of benzene rings is 1. The van der Waals surface area contributed by atoms with Gasteiger partial charge in [-0.25, -0.2) is 9.97 Å². The predicted octanol–water partition coefficient (Wildman–Crippen LogP) is 3.18. The second-order valence-corrected chi connectivity index (χ2v) is 5.88. The molecule has 0 atom stereocenters. The van der Waals surface area contributed by atoms with Crippen molar-refractivity contribution in [3.05, 3.63) is 42.1 Å². The minimum absolute atomic E-state index is 0.824. The first-order valence-electron chi connectivity index (χ1n) is 6.59. The molecule has 0 amide bonds. The summed E-state index contributed by atoms with van der Waals surface area (Å²) in [6.45, 7) is 3.01. The molecule has 0 saturated carbocycles. The maximum atomic E-state index is 4.55. The summed E-state index contributed by atoms with van der Waals surface area (Å²) in [4.78, 5) is 11.2. The van der Waals surface area contributed by atoms with Crippen molar-refractivity contribution >= 4 is 23.3 Å². The molecule has 1 aromatic carbocycles. The number of thioether (sulfide) groups is 1. The van der Waals surface area contributed by atoms with Crippen LogP contribution in [-0.2, 0) is 0 Å². The highest BCUT2D eigenvalue weighted by Crippen LogP contribution is 2.19. The topological polar surface area (TPSA) is 41.1 Å². The van der Waals surface area contributed by atoms with Crippen LogP contribution in [0.15, 0.2) is 41.6 Å². The Morgan fingerprint density at radius 1 is 1.15 bits per heavy atom. The highest BCUT2D eigenvalue weighted by molar-refractivity contribution is 7.99. The smallest absolute Gasteiger partial charge is 0.189 e. The summed E-state index contributed by atoms with van der Waals surface area (Å²) in [5.74, 6) is 1.83. The van der Waals surface area contributed by atoms with E-state index in [1.165, 1.54) is 0 Å². The number of nitrogens with one attached hydrogen (secondary N) is 1. The molecule has 20 heavy (non-hydrogen) atoms. The second kappa shape index (κ2) is 7.26. The molecule has 0 bridgehead atoms. The molecule has 0 unspecified atom stereocenters. The molecule has 0 fully saturated rings. The van der Waals surface area contributed by atoms with Gasteiger partial charge < -0.3 is 10.2 Å². The number of para-hydroxylation sites is 1. The van der Waals surface area contributed by atoms with Crippen LogP contribution in [0.4, 0.5) is 11.5 Å². The van der Waals surface area contributed by atoms with Crippen molar-refractivity contribution < 1.29 is 0 Å². The molecule has 2 rings (SSSR count). The average molecular weight is 288 g/mol. The van der Waals surface area contributed by atoms with Gasteiger partial charge in [-0.2, -0.15) is 0 Å². The van der Waals surface area contributed by atoms with Gasteiger partial charge in [-0.15, -0.1) is 0 Å². The first kappa shape index (κ1) is 14.8. The first-order valence-corrected chi connectivity index (χ1v) is 7.57. The number of nitrogens with zero attached hydrogens (tertiary/aromatic N) is 3. The van der Waals surface area contributed by atoms with E-state index in [2.05, 4.69) is 34.3 Å². The van der Waals surface area contributed by atoms with Gasteiger partial charge in [0.1, 0.15) is 5.82 Å². The third-order valence-electron chi connectivity index (χ3n) is 2.65. The zero-order valence-corrected chi connectivity index (χ0v) is 12.9. The van der Waals surface area contributed by atoms with E-state index >= 15 is 0 Å². The van der Waals surface area contributed by atoms with Crippen molar-refractivity contribution in [1.29, 1.82) is 0 Å². The van der Waals surface area contributed by atoms with E-state index in [4.69, 9.17) is 0 Å². The van der Waals surface area contributed by atoms with E-state index in [1.54, 1.807) is 11.8 Å². The zero-order valence-electron chi connectivity index (χ0n) is 12.1. The Morgan fingerprint density at radius 2 is 1.90 bits per heavy atom. The minimum Gasteiger partial charge on any atom is -0.340 e. The van der Waals surface area contributed by atoms with Crippen LogP contribution >= 0.6 is 11.8 Å². The van der Waals surface area contributed by atoms with E-state index in [1.807, 2.05) is 43.3 Å². The number of aromatic nitrogens is 2. The van der Waals surface area contributed by atoms with Gasteiger partial charge in [0, 0.05) is 29.7 Å². The van der Waals surface area contributed by atoms with Gasteiger partial charge in [0.15, 0.2) is 5.16 Å². The van der Waals surface area contributed by atoms with Crippen LogP contribution < -0.4 is 5.32 Å². The number of hydrogen-bond donors (Lipinski definition) is 1. The SMILES string of the molecule is Cc1cc(Nc2ccccc2)nc(SCCN(C)C)n1. The molecular weight excluding hydrogens is 268 g/mol. The quantitative estimate of drug-likeness (QED) is 0.653. The van der Waals surface area contributed by atoms with Crippen LogP contribution in [0.5, 0.6) is 0 Å². The summed E-state index contributed by atoms with van der Waals surface area (Å²) in [6, 6.07) is 12.0. The average Bonchev–Trinajstić information content (AvgIpc) is 2.38. The standard InChI is InChI=1S/C15H20N4S/c1-12-11-14(17-13-7-5-4-6-8-13)18-15(16-12)20-10-9-19(2)3/h4-8,11H,9-10H2,1-3H3,(H,16,17,18). The van der Waals surface area contributed by atoms with Gasteiger partial charge in [-0.05, 0) is 33.2 Å². The summed E-state index contributed by atoms with van der Waals surface area (Å²) in [6.07, 6.45) is 0. The van der Waals surface area contributed by atoms with Crippen LogP contribution in [-0.4, -0.2) is 41.3 Å². The molecule has 0 aliphatic rings. The fourth-order valence-corrected chi connectivity index (χ4v) is 2.67. The van der Waals surface area contributed by atoms with Crippen LogP contribution in [0, 0.1) is 6.92 Å². The molecule has 0 spiro atoms. The van der Waals surface area contributed by atoms with Gasteiger partial charge in [0.05, 0.1) is 0 Å². The highest BCUT2D eigenvalue weighted by Gasteiger charge is 2.04. The zero-order chi connectivity index (χ0) is 14.4. The third kappa shape index (κ3) is 4.83. The predicted molar refractivity (Wildman–Crippen MR) is 85.8 cm³/mol. The van der Waals surface area contributed by atoms with Crippen LogP contribution in [0.2, 0.25) is 0 Å². The Balaban J connectivity index is 2.04. The monoisotopic (exact) mass is 288 g/mol. The molecule has 2 aromatic rings. The largest absolute Gasteiger partial charge is 0.340 e. The number of aryl methyl sites for hydroxylation is 1. The summed E-state index contributed by atoms with van der Waals surface area (Å²) < 4.78 is 0. The maximum absolute atomic E-state index is 4.55. The van der Waals surface area contributed by atoms with Gasteiger partial charge >= 0.3 is 0 Å². The number of anilines is 2. The van der Waals surface area contributed by atoms with Crippen molar-refractivity contribution in [1.82, 2.24) is 14.9 Å². The normalized spacial score (nSPS) is 10.8. The number of rotatable bonds is 6. The van der Waals surface area contributed by atoms with Crippen molar-refractivity contribution in [2.75, 3.05) is 31.7 Å². The van der Waals surface area contributed by atoms with E-state index < -0.39 is 0 Å². The van der Waals surface area contributed by atoms with Gasteiger partial charge in [0.2, 0.25) is 0 Å². The van der Waals surface area contributed by atoms with E-state index in [0.717, 1.165) is 34.7 Å². The fraction of sp³-hybridized carbons (Fsp3) is 0.333. The molecule has 1 N–H and O–H groups in total. The van der Waals surface area contributed by atoms with Crippen molar-refractivity contribution in [2.45, 2.75) is 12.1 Å². The third-order valence-corrected chi connectivity index (χ3v) is 3.48. The van der Waals surface area contributed by atoms with Crippen LogP contribution in [0.25, 0.3) is 0 Å². The van der Waals surface area contributed by atoms with Gasteiger partial charge in [-0.3, -0.25) is 0 Å². The van der Waals surface area contributed by atoms with Crippen molar-refractivity contribution in [3.63, 3.8) is 0 Å². The molecule has 0 aliphatic carbocycles. The Labute approximate surface area is 124 Å². The minimum atomic E-state index is 0.824. The summed E-state index contributed by atoms with van der Waals surface area (Å²) in [5.41, 5.74) is 2.01.